The zero-order valence-corrected chi connectivity index (χ0v) is 12.7. The second-order valence-corrected chi connectivity index (χ2v) is 6.33. The second-order valence-electron chi connectivity index (χ2n) is 6.33. The molecule has 104 valence electrons. The first kappa shape index (κ1) is 14.1. The molecule has 1 aromatic heterocycles. The van der Waals surface area contributed by atoms with Gasteiger partial charge in [0, 0.05) is 12.5 Å². The van der Waals surface area contributed by atoms with Crippen molar-refractivity contribution in [3.8, 4) is 0 Å². The number of nitrogens with two attached hydrogens (primary N) is 1. The Kier molecular flexibility index (Phi) is 3.68. The molecule has 0 aliphatic rings. The molecule has 3 heteroatoms. The average Bonchev–Trinajstić information content (AvgIpc) is 2.68. The van der Waals surface area contributed by atoms with Crippen LogP contribution in [0.5, 0.6) is 0 Å². The molecule has 0 radical (unpaired) electrons. The third-order valence-electron chi connectivity index (χ3n) is 3.82. The summed E-state index contributed by atoms with van der Waals surface area (Å²) in [5.74, 6) is 1.56. The molecule has 1 atom stereocenters. The molecule has 0 fully saturated rings. The lowest BCUT2D eigenvalue weighted by Crippen LogP contribution is -2.17. The maximum Gasteiger partial charge on any atom is 0.115 e. The summed E-state index contributed by atoms with van der Waals surface area (Å²) in [5, 5.41) is 0. The van der Waals surface area contributed by atoms with Crippen molar-refractivity contribution in [2.75, 3.05) is 6.54 Å². The number of imidazole rings is 1. The third-order valence-corrected chi connectivity index (χ3v) is 3.82. The predicted molar refractivity (Wildman–Crippen MR) is 81.5 cm³/mol. The van der Waals surface area contributed by atoms with Crippen LogP contribution >= 0.6 is 0 Å². The summed E-state index contributed by atoms with van der Waals surface area (Å²) in [6.07, 6.45) is 1.07. The van der Waals surface area contributed by atoms with Crippen LogP contribution in [0.3, 0.4) is 0 Å². The first-order valence-electron chi connectivity index (χ1n) is 7.05. The smallest absolute Gasteiger partial charge is 0.115 e. The Balaban J connectivity index is 2.56. The fourth-order valence-corrected chi connectivity index (χ4v) is 2.68. The average molecular weight is 259 g/mol. The Morgan fingerprint density at radius 1 is 1.32 bits per heavy atom. The minimum absolute atomic E-state index is 0.0615. The van der Waals surface area contributed by atoms with Crippen molar-refractivity contribution in [1.29, 1.82) is 0 Å². The van der Waals surface area contributed by atoms with Crippen LogP contribution in [0.25, 0.3) is 11.0 Å². The van der Waals surface area contributed by atoms with Crippen LogP contribution in [0, 0.1) is 0 Å². The highest BCUT2D eigenvalue weighted by Crippen LogP contribution is 2.28. The van der Waals surface area contributed by atoms with Crippen molar-refractivity contribution in [2.24, 2.45) is 12.8 Å². The Labute approximate surface area is 115 Å². The highest BCUT2D eigenvalue weighted by atomic mass is 15.1. The van der Waals surface area contributed by atoms with E-state index < -0.39 is 0 Å². The molecule has 0 bridgehead atoms. The van der Waals surface area contributed by atoms with Gasteiger partial charge in [0.2, 0.25) is 0 Å². The standard InChI is InChI=1S/C16H25N3/c1-6-11(10-17)12-7-8-14-13(9-12)18-15(19(14)5)16(2,3)4/h7-9,11H,6,10,17H2,1-5H3. The summed E-state index contributed by atoms with van der Waals surface area (Å²) in [5.41, 5.74) is 9.48. The number of rotatable bonds is 3. The first-order valence-corrected chi connectivity index (χ1v) is 7.05. The number of aryl methyl sites for hydroxylation is 1. The topological polar surface area (TPSA) is 43.8 Å². The summed E-state index contributed by atoms with van der Waals surface area (Å²) in [6.45, 7) is 9.47. The Morgan fingerprint density at radius 3 is 2.53 bits per heavy atom. The van der Waals surface area contributed by atoms with Gasteiger partial charge in [0.15, 0.2) is 0 Å². The molecule has 1 unspecified atom stereocenters. The summed E-state index contributed by atoms with van der Waals surface area (Å²) in [4.78, 5) is 4.82. The van der Waals surface area contributed by atoms with Crippen molar-refractivity contribution in [2.45, 2.75) is 45.4 Å². The largest absolute Gasteiger partial charge is 0.331 e. The molecule has 0 amide bonds. The number of fused-ring (bicyclic) bond motifs is 1. The maximum atomic E-state index is 5.84. The lowest BCUT2D eigenvalue weighted by atomic mass is 9.96. The van der Waals surface area contributed by atoms with Crippen LogP contribution in [-0.2, 0) is 12.5 Å². The Morgan fingerprint density at radius 2 is 2.00 bits per heavy atom. The molecule has 2 aromatic rings. The number of hydrogen-bond acceptors (Lipinski definition) is 2. The van der Waals surface area contributed by atoms with Gasteiger partial charge in [0.25, 0.3) is 0 Å². The van der Waals surface area contributed by atoms with E-state index in [0.29, 0.717) is 12.5 Å². The van der Waals surface area contributed by atoms with Crippen LogP contribution in [0.15, 0.2) is 18.2 Å². The number of hydrogen-bond donors (Lipinski definition) is 1. The summed E-state index contributed by atoms with van der Waals surface area (Å²) in [7, 11) is 2.09. The molecular weight excluding hydrogens is 234 g/mol. The van der Waals surface area contributed by atoms with E-state index in [4.69, 9.17) is 10.7 Å². The van der Waals surface area contributed by atoms with Crippen molar-refractivity contribution >= 4 is 11.0 Å². The van der Waals surface area contributed by atoms with E-state index in [-0.39, 0.29) is 5.41 Å². The van der Waals surface area contributed by atoms with Crippen molar-refractivity contribution in [1.82, 2.24) is 9.55 Å². The van der Waals surface area contributed by atoms with Gasteiger partial charge in [0.05, 0.1) is 11.0 Å². The van der Waals surface area contributed by atoms with E-state index in [1.165, 1.54) is 11.1 Å². The van der Waals surface area contributed by atoms with E-state index in [1.54, 1.807) is 0 Å². The zero-order chi connectivity index (χ0) is 14.2. The minimum atomic E-state index is 0.0615. The molecule has 0 saturated heterocycles. The van der Waals surface area contributed by atoms with Crippen LogP contribution in [0.1, 0.15) is 51.4 Å². The van der Waals surface area contributed by atoms with E-state index in [0.717, 1.165) is 17.8 Å². The molecule has 3 nitrogen and oxygen atoms in total. The summed E-state index contributed by atoms with van der Waals surface area (Å²) in [6, 6.07) is 6.56. The Bertz CT molecular complexity index is 571. The fourth-order valence-electron chi connectivity index (χ4n) is 2.68. The maximum absolute atomic E-state index is 5.84. The van der Waals surface area contributed by atoms with Crippen LogP contribution in [0.4, 0.5) is 0 Å². The predicted octanol–water partition coefficient (Wildman–Crippen LogP) is 3.32. The van der Waals surface area contributed by atoms with Gasteiger partial charge in [-0.3, -0.25) is 0 Å². The molecule has 19 heavy (non-hydrogen) atoms. The number of benzene rings is 1. The van der Waals surface area contributed by atoms with Gasteiger partial charge in [0.1, 0.15) is 5.82 Å². The highest BCUT2D eigenvalue weighted by molar-refractivity contribution is 5.77. The van der Waals surface area contributed by atoms with E-state index in [2.05, 4.69) is 57.5 Å². The van der Waals surface area contributed by atoms with E-state index >= 15 is 0 Å². The van der Waals surface area contributed by atoms with Gasteiger partial charge in [-0.05, 0) is 36.6 Å². The van der Waals surface area contributed by atoms with E-state index in [9.17, 15) is 0 Å². The van der Waals surface area contributed by atoms with Gasteiger partial charge in [-0.2, -0.15) is 0 Å². The van der Waals surface area contributed by atoms with Crippen LogP contribution in [-0.4, -0.2) is 16.1 Å². The first-order chi connectivity index (χ1) is 8.88. The Hall–Kier alpha value is -1.35. The quantitative estimate of drug-likeness (QED) is 0.919. The highest BCUT2D eigenvalue weighted by Gasteiger charge is 2.21. The number of nitrogens with zero attached hydrogens (tertiary/aromatic N) is 2. The fraction of sp³-hybridized carbons (Fsp3) is 0.562. The van der Waals surface area contributed by atoms with Crippen LogP contribution < -0.4 is 5.73 Å². The molecular formula is C16H25N3. The molecule has 1 aromatic carbocycles. The van der Waals surface area contributed by atoms with Gasteiger partial charge in [-0.15, -0.1) is 0 Å². The monoisotopic (exact) mass is 259 g/mol. The molecule has 0 aliphatic heterocycles. The SMILES string of the molecule is CCC(CN)c1ccc2c(c1)nc(C(C)(C)C)n2C. The molecule has 2 rings (SSSR count). The van der Waals surface area contributed by atoms with Gasteiger partial charge in [-0.1, -0.05) is 33.8 Å². The minimum Gasteiger partial charge on any atom is -0.331 e. The van der Waals surface area contributed by atoms with Crippen molar-refractivity contribution < 1.29 is 0 Å². The van der Waals surface area contributed by atoms with E-state index in [1.807, 2.05) is 0 Å². The third kappa shape index (κ3) is 2.52. The number of aromatic nitrogens is 2. The second kappa shape index (κ2) is 4.97. The molecule has 0 spiro atoms. The normalized spacial score (nSPS) is 14.0. The lowest BCUT2D eigenvalue weighted by molar-refractivity contribution is 0.526. The lowest BCUT2D eigenvalue weighted by Gasteiger charge is -2.17. The van der Waals surface area contributed by atoms with Gasteiger partial charge < -0.3 is 10.3 Å². The molecule has 0 aliphatic carbocycles. The van der Waals surface area contributed by atoms with Crippen LogP contribution in [0.2, 0.25) is 0 Å². The molecule has 1 heterocycles. The van der Waals surface area contributed by atoms with Gasteiger partial charge in [-0.25, -0.2) is 4.98 Å². The molecule has 0 saturated carbocycles. The molecule has 2 N–H and O–H groups in total. The summed E-state index contributed by atoms with van der Waals surface area (Å²) < 4.78 is 2.20. The van der Waals surface area contributed by atoms with Gasteiger partial charge >= 0.3 is 0 Å². The summed E-state index contributed by atoms with van der Waals surface area (Å²) >= 11 is 0. The zero-order valence-electron chi connectivity index (χ0n) is 12.7. The van der Waals surface area contributed by atoms with Crippen molar-refractivity contribution in [3.05, 3.63) is 29.6 Å². The van der Waals surface area contributed by atoms with Crippen molar-refractivity contribution in [3.63, 3.8) is 0 Å².